The molecule has 0 aromatic heterocycles. The molecule has 2 N–H and O–H groups in total. The second-order valence-electron chi connectivity index (χ2n) is 5.73. The van der Waals surface area contributed by atoms with Crippen LogP contribution in [0.15, 0.2) is 24.3 Å². The summed E-state index contributed by atoms with van der Waals surface area (Å²) in [6, 6.07) is 8.29. The van der Waals surface area contributed by atoms with Crippen LogP contribution in [0.4, 0.5) is 0 Å². The Labute approximate surface area is 116 Å². The van der Waals surface area contributed by atoms with Gasteiger partial charge in [-0.2, -0.15) is 0 Å². The van der Waals surface area contributed by atoms with Crippen molar-refractivity contribution in [2.45, 2.75) is 51.4 Å². The molecule has 1 aliphatic rings. The second-order valence-corrected chi connectivity index (χ2v) is 6.16. The molecule has 2 heteroatoms. The summed E-state index contributed by atoms with van der Waals surface area (Å²) < 4.78 is 0. The van der Waals surface area contributed by atoms with E-state index in [0.29, 0.717) is 5.41 Å². The molecular weight excluding hydrogens is 242 g/mol. The lowest BCUT2D eigenvalue weighted by molar-refractivity contribution is 0.161. The molecule has 0 unspecified atom stereocenters. The van der Waals surface area contributed by atoms with Crippen molar-refractivity contribution in [1.29, 1.82) is 0 Å². The number of aryl methyl sites for hydroxylation is 1. The van der Waals surface area contributed by atoms with Gasteiger partial charge in [-0.3, -0.25) is 0 Å². The molecule has 0 spiro atoms. The smallest absolute Gasteiger partial charge is 0.0406 e. The van der Waals surface area contributed by atoms with Gasteiger partial charge in [0.15, 0.2) is 0 Å². The standard InChI is InChI=1S/C16H24ClN/c17-15-6-4-14(5-7-15)8-11-16(12-13-18)9-2-1-3-10-16/h4-7H,1-3,8-13,18H2. The third kappa shape index (κ3) is 3.73. The third-order valence-corrected chi connectivity index (χ3v) is 4.70. The van der Waals surface area contributed by atoms with Crippen molar-refractivity contribution in [3.05, 3.63) is 34.9 Å². The van der Waals surface area contributed by atoms with E-state index in [1.807, 2.05) is 12.1 Å². The predicted molar refractivity (Wildman–Crippen MR) is 79.0 cm³/mol. The molecular formula is C16H24ClN. The van der Waals surface area contributed by atoms with Crippen LogP contribution in [-0.2, 0) is 6.42 Å². The Kier molecular flexibility index (Phi) is 5.08. The van der Waals surface area contributed by atoms with Crippen molar-refractivity contribution in [3.63, 3.8) is 0 Å². The minimum Gasteiger partial charge on any atom is -0.330 e. The van der Waals surface area contributed by atoms with E-state index in [1.54, 1.807) is 0 Å². The average Bonchev–Trinajstić information content (AvgIpc) is 2.40. The van der Waals surface area contributed by atoms with Gasteiger partial charge in [0.1, 0.15) is 0 Å². The number of hydrogen-bond donors (Lipinski definition) is 1. The fourth-order valence-corrected chi connectivity index (χ4v) is 3.42. The Morgan fingerprint density at radius 2 is 1.67 bits per heavy atom. The zero-order chi connectivity index (χ0) is 12.8. The molecule has 0 atom stereocenters. The first-order valence-corrected chi connectivity index (χ1v) is 7.56. The molecule has 1 aromatic rings. The van der Waals surface area contributed by atoms with Crippen molar-refractivity contribution in [2.24, 2.45) is 11.1 Å². The van der Waals surface area contributed by atoms with Crippen molar-refractivity contribution < 1.29 is 0 Å². The van der Waals surface area contributed by atoms with Gasteiger partial charge in [-0.15, -0.1) is 0 Å². The topological polar surface area (TPSA) is 26.0 Å². The van der Waals surface area contributed by atoms with Gasteiger partial charge in [0.25, 0.3) is 0 Å². The van der Waals surface area contributed by atoms with Crippen LogP contribution in [0.3, 0.4) is 0 Å². The van der Waals surface area contributed by atoms with Crippen molar-refractivity contribution >= 4 is 11.6 Å². The minimum atomic E-state index is 0.520. The molecule has 1 saturated carbocycles. The third-order valence-electron chi connectivity index (χ3n) is 4.45. The number of hydrogen-bond acceptors (Lipinski definition) is 1. The highest BCUT2D eigenvalue weighted by Gasteiger charge is 2.30. The molecule has 1 fully saturated rings. The van der Waals surface area contributed by atoms with Gasteiger partial charge in [-0.05, 0) is 61.8 Å². The first kappa shape index (κ1) is 13.9. The number of halogens is 1. The Morgan fingerprint density at radius 3 is 2.28 bits per heavy atom. The maximum Gasteiger partial charge on any atom is 0.0406 e. The van der Waals surface area contributed by atoms with Crippen molar-refractivity contribution in [3.8, 4) is 0 Å². The van der Waals surface area contributed by atoms with Crippen LogP contribution < -0.4 is 5.73 Å². The molecule has 1 aliphatic carbocycles. The summed E-state index contributed by atoms with van der Waals surface area (Å²) in [5.41, 5.74) is 7.74. The van der Waals surface area contributed by atoms with Crippen LogP contribution in [0.25, 0.3) is 0 Å². The van der Waals surface area contributed by atoms with Crippen LogP contribution in [-0.4, -0.2) is 6.54 Å². The monoisotopic (exact) mass is 265 g/mol. The Morgan fingerprint density at radius 1 is 1.00 bits per heavy atom. The van der Waals surface area contributed by atoms with Crippen LogP contribution in [0, 0.1) is 5.41 Å². The van der Waals surface area contributed by atoms with Gasteiger partial charge in [0.2, 0.25) is 0 Å². The van der Waals surface area contributed by atoms with E-state index in [1.165, 1.54) is 50.5 Å². The SMILES string of the molecule is NCCC1(CCc2ccc(Cl)cc2)CCCCC1. The van der Waals surface area contributed by atoms with Gasteiger partial charge >= 0.3 is 0 Å². The molecule has 0 radical (unpaired) electrons. The van der Waals surface area contributed by atoms with E-state index < -0.39 is 0 Å². The van der Waals surface area contributed by atoms with Gasteiger partial charge in [-0.25, -0.2) is 0 Å². The molecule has 0 aliphatic heterocycles. The summed E-state index contributed by atoms with van der Waals surface area (Å²) in [6.07, 6.45) is 10.6. The summed E-state index contributed by atoms with van der Waals surface area (Å²) in [5.74, 6) is 0. The van der Waals surface area contributed by atoms with E-state index in [9.17, 15) is 0 Å². The number of rotatable bonds is 5. The van der Waals surface area contributed by atoms with Crippen LogP contribution in [0.5, 0.6) is 0 Å². The molecule has 18 heavy (non-hydrogen) atoms. The maximum absolute atomic E-state index is 5.92. The highest BCUT2D eigenvalue weighted by molar-refractivity contribution is 6.30. The predicted octanol–water partition coefficient (Wildman–Crippen LogP) is 4.57. The molecule has 0 amide bonds. The average molecular weight is 266 g/mol. The molecule has 1 nitrogen and oxygen atoms in total. The minimum absolute atomic E-state index is 0.520. The lowest BCUT2D eigenvalue weighted by atomic mass is 9.68. The quantitative estimate of drug-likeness (QED) is 0.829. The van der Waals surface area contributed by atoms with E-state index in [-0.39, 0.29) is 0 Å². The van der Waals surface area contributed by atoms with Crippen molar-refractivity contribution in [1.82, 2.24) is 0 Å². The Balaban J connectivity index is 1.94. The second kappa shape index (κ2) is 6.58. The molecule has 100 valence electrons. The van der Waals surface area contributed by atoms with Crippen molar-refractivity contribution in [2.75, 3.05) is 6.54 Å². The lowest BCUT2D eigenvalue weighted by Gasteiger charge is -2.37. The fraction of sp³-hybridized carbons (Fsp3) is 0.625. The Bertz CT molecular complexity index is 346. The maximum atomic E-state index is 5.92. The van der Waals surface area contributed by atoms with Gasteiger partial charge in [0.05, 0.1) is 0 Å². The van der Waals surface area contributed by atoms with Gasteiger partial charge in [-0.1, -0.05) is 43.0 Å². The summed E-state index contributed by atoms with van der Waals surface area (Å²) in [4.78, 5) is 0. The first-order chi connectivity index (χ1) is 8.74. The largest absolute Gasteiger partial charge is 0.330 e. The normalized spacial score (nSPS) is 18.8. The van der Waals surface area contributed by atoms with E-state index in [0.717, 1.165) is 18.0 Å². The number of benzene rings is 1. The molecule has 0 bridgehead atoms. The van der Waals surface area contributed by atoms with E-state index >= 15 is 0 Å². The lowest BCUT2D eigenvalue weighted by Crippen LogP contribution is -2.27. The van der Waals surface area contributed by atoms with Gasteiger partial charge in [0, 0.05) is 5.02 Å². The summed E-state index contributed by atoms with van der Waals surface area (Å²) in [7, 11) is 0. The summed E-state index contributed by atoms with van der Waals surface area (Å²) >= 11 is 5.92. The molecule has 2 rings (SSSR count). The van der Waals surface area contributed by atoms with Gasteiger partial charge < -0.3 is 5.73 Å². The van der Waals surface area contributed by atoms with Crippen LogP contribution >= 0.6 is 11.6 Å². The van der Waals surface area contributed by atoms with E-state index in [4.69, 9.17) is 17.3 Å². The first-order valence-electron chi connectivity index (χ1n) is 7.19. The highest BCUT2D eigenvalue weighted by Crippen LogP contribution is 2.42. The number of nitrogens with two attached hydrogens (primary N) is 1. The fourth-order valence-electron chi connectivity index (χ4n) is 3.29. The summed E-state index contributed by atoms with van der Waals surface area (Å²) in [6.45, 7) is 0.834. The summed E-state index contributed by atoms with van der Waals surface area (Å²) in [5, 5.41) is 0.827. The Hall–Kier alpha value is -0.530. The molecule has 0 heterocycles. The molecule has 1 aromatic carbocycles. The zero-order valence-electron chi connectivity index (χ0n) is 11.1. The van der Waals surface area contributed by atoms with Crippen LogP contribution in [0.1, 0.15) is 50.5 Å². The van der Waals surface area contributed by atoms with Crippen LogP contribution in [0.2, 0.25) is 5.02 Å². The highest BCUT2D eigenvalue weighted by atomic mass is 35.5. The van der Waals surface area contributed by atoms with E-state index in [2.05, 4.69) is 12.1 Å². The zero-order valence-corrected chi connectivity index (χ0v) is 11.9. The molecule has 0 saturated heterocycles.